The Morgan fingerprint density at radius 2 is 2.00 bits per heavy atom. The molecule has 90 valence electrons. The van der Waals surface area contributed by atoms with Crippen LogP contribution >= 0.6 is 0 Å². The van der Waals surface area contributed by atoms with E-state index in [1.807, 2.05) is 0 Å². The quantitative estimate of drug-likeness (QED) is 0.789. The second-order valence-corrected chi connectivity index (χ2v) is 4.22. The Hall–Kier alpha value is -0.290. The molecule has 5 heteroatoms. The van der Waals surface area contributed by atoms with E-state index in [9.17, 15) is 13.2 Å². The van der Waals surface area contributed by atoms with Gasteiger partial charge in [-0.1, -0.05) is 6.92 Å². The molecule has 0 bridgehead atoms. The molecule has 1 aliphatic heterocycles. The molecule has 0 amide bonds. The molecule has 0 spiro atoms. The Bertz CT molecular complexity index is 186. The average Bonchev–Trinajstić information content (AvgIpc) is 2.14. The third kappa shape index (κ3) is 4.38. The highest BCUT2D eigenvalue weighted by Crippen LogP contribution is 2.21. The second kappa shape index (κ2) is 5.16. The summed E-state index contributed by atoms with van der Waals surface area (Å²) in [4.78, 5) is 1.51. The monoisotopic (exact) mass is 224 g/mol. The Morgan fingerprint density at radius 3 is 2.40 bits per heavy atom. The number of nitrogens with zero attached hydrogens (tertiary/aromatic N) is 1. The van der Waals surface area contributed by atoms with E-state index in [4.69, 9.17) is 0 Å². The van der Waals surface area contributed by atoms with Gasteiger partial charge in [0, 0.05) is 18.6 Å². The van der Waals surface area contributed by atoms with Crippen molar-refractivity contribution >= 4 is 0 Å². The number of piperidine rings is 1. The van der Waals surface area contributed by atoms with E-state index in [0.717, 1.165) is 12.8 Å². The summed E-state index contributed by atoms with van der Waals surface area (Å²) in [5, 5.41) is 3.22. The second-order valence-electron chi connectivity index (χ2n) is 4.22. The standard InChI is InChI=1S/C10H19F3N2/c1-3-15(7-10(11,12)13)9-5-4-8(2)14-6-9/h8-9,14H,3-7H2,1-2H3. The molecule has 0 radical (unpaired) electrons. The highest BCUT2D eigenvalue weighted by molar-refractivity contribution is 4.82. The number of halogens is 3. The van der Waals surface area contributed by atoms with Crippen LogP contribution in [0.3, 0.4) is 0 Å². The number of nitrogens with one attached hydrogen (secondary N) is 1. The van der Waals surface area contributed by atoms with Crippen molar-refractivity contribution in [2.45, 2.75) is 44.9 Å². The Balaban J connectivity index is 2.44. The Morgan fingerprint density at radius 1 is 1.33 bits per heavy atom. The van der Waals surface area contributed by atoms with Crippen molar-refractivity contribution in [2.75, 3.05) is 19.6 Å². The molecule has 0 aliphatic carbocycles. The van der Waals surface area contributed by atoms with Gasteiger partial charge in [0.25, 0.3) is 0 Å². The molecule has 0 saturated carbocycles. The number of likely N-dealkylation sites (N-methyl/N-ethyl adjacent to an activating group) is 1. The molecular formula is C10H19F3N2. The minimum absolute atomic E-state index is 0.0350. The molecule has 1 rings (SSSR count). The van der Waals surface area contributed by atoms with E-state index >= 15 is 0 Å². The summed E-state index contributed by atoms with van der Waals surface area (Å²) in [6.45, 7) is 4.19. The molecule has 2 atom stereocenters. The summed E-state index contributed by atoms with van der Waals surface area (Å²) in [7, 11) is 0. The molecule has 1 N–H and O–H groups in total. The van der Waals surface area contributed by atoms with Crippen molar-refractivity contribution in [1.82, 2.24) is 10.2 Å². The van der Waals surface area contributed by atoms with Gasteiger partial charge in [-0.15, -0.1) is 0 Å². The Kier molecular flexibility index (Phi) is 4.40. The van der Waals surface area contributed by atoms with Crippen molar-refractivity contribution in [1.29, 1.82) is 0 Å². The molecule has 2 nitrogen and oxygen atoms in total. The lowest BCUT2D eigenvalue weighted by Gasteiger charge is -2.36. The van der Waals surface area contributed by atoms with Crippen LogP contribution in [0.15, 0.2) is 0 Å². The summed E-state index contributed by atoms with van der Waals surface area (Å²) in [5.41, 5.74) is 0. The van der Waals surface area contributed by atoms with E-state index in [2.05, 4.69) is 12.2 Å². The van der Waals surface area contributed by atoms with Crippen molar-refractivity contribution in [3.05, 3.63) is 0 Å². The normalized spacial score (nSPS) is 28.4. The highest BCUT2D eigenvalue weighted by Gasteiger charge is 2.33. The number of hydrogen-bond acceptors (Lipinski definition) is 2. The fourth-order valence-electron chi connectivity index (χ4n) is 2.02. The lowest BCUT2D eigenvalue weighted by Crippen LogP contribution is -2.51. The van der Waals surface area contributed by atoms with E-state index < -0.39 is 12.7 Å². The Labute approximate surface area is 88.8 Å². The maximum absolute atomic E-state index is 12.3. The molecule has 0 aromatic rings. The van der Waals surface area contributed by atoms with Crippen LogP contribution in [-0.2, 0) is 0 Å². The van der Waals surface area contributed by atoms with Gasteiger partial charge in [-0.25, -0.2) is 0 Å². The summed E-state index contributed by atoms with van der Waals surface area (Å²) in [6, 6.07) is 0.471. The predicted octanol–water partition coefficient (Wildman–Crippen LogP) is 2.01. The number of alkyl halides is 3. The van der Waals surface area contributed by atoms with Crippen LogP contribution in [0.1, 0.15) is 26.7 Å². The first-order chi connectivity index (χ1) is 6.92. The third-order valence-electron chi connectivity index (χ3n) is 2.94. The van der Waals surface area contributed by atoms with E-state index in [1.165, 1.54) is 4.90 Å². The van der Waals surface area contributed by atoms with Gasteiger partial charge in [0.2, 0.25) is 0 Å². The zero-order chi connectivity index (χ0) is 11.5. The summed E-state index contributed by atoms with van der Waals surface area (Å²) < 4.78 is 36.8. The van der Waals surface area contributed by atoms with Crippen LogP contribution in [0.5, 0.6) is 0 Å². The zero-order valence-electron chi connectivity index (χ0n) is 9.27. The molecule has 0 aromatic heterocycles. The van der Waals surface area contributed by atoms with E-state index in [0.29, 0.717) is 19.1 Å². The SMILES string of the molecule is CCN(CC(F)(F)F)C1CCC(C)NC1. The first-order valence-electron chi connectivity index (χ1n) is 5.46. The van der Waals surface area contributed by atoms with Gasteiger partial charge in [-0.3, -0.25) is 4.90 Å². The van der Waals surface area contributed by atoms with Crippen molar-refractivity contribution in [3.63, 3.8) is 0 Å². The first kappa shape index (κ1) is 12.8. The lowest BCUT2D eigenvalue weighted by molar-refractivity contribution is -0.151. The molecular weight excluding hydrogens is 205 g/mol. The molecule has 2 unspecified atom stereocenters. The summed E-state index contributed by atoms with van der Waals surface area (Å²) in [5.74, 6) is 0. The van der Waals surface area contributed by atoms with Crippen LogP contribution in [0, 0.1) is 0 Å². The van der Waals surface area contributed by atoms with Crippen LogP contribution in [0.25, 0.3) is 0 Å². The van der Waals surface area contributed by atoms with Gasteiger partial charge in [0.1, 0.15) is 0 Å². The van der Waals surface area contributed by atoms with Gasteiger partial charge in [-0.05, 0) is 26.3 Å². The van der Waals surface area contributed by atoms with Gasteiger partial charge in [0.15, 0.2) is 0 Å². The minimum Gasteiger partial charge on any atom is -0.313 e. The van der Waals surface area contributed by atoms with E-state index in [1.54, 1.807) is 6.92 Å². The first-order valence-corrected chi connectivity index (χ1v) is 5.46. The van der Waals surface area contributed by atoms with Crippen molar-refractivity contribution < 1.29 is 13.2 Å². The predicted molar refractivity (Wildman–Crippen MR) is 53.8 cm³/mol. The summed E-state index contributed by atoms with van der Waals surface area (Å²) in [6.07, 6.45) is -2.27. The van der Waals surface area contributed by atoms with Crippen LogP contribution in [-0.4, -0.2) is 42.8 Å². The molecule has 15 heavy (non-hydrogen) atoms. The van der Waals surface area contributed by atoms with Gasteiger partial charge < -0.3 is 5.32 Å². The fourth-order valence-corrected chi connectivity index (χ4v) is 2.02. The van der Waals surface area contributed by atoms with Gasteiger partial charge >= 0.3 is 6.18 Å². The zero-order valence-corrected chi connectivity index (χ0v) is 9.27. The number of rotatable bonds is 3. The average molecular weight is 224 g/mol. The highest BCUT2D eigenvalue weighted by atomic mass is 19.4. The van der Waals surface area contributed by atoms with Crippen LogP contribution in [0.2, 0.25) is 0 Å². The van der Waals surface area contributed by atoms with Crippen LogP contribution in [0.4, 0.5) is 13.2 Å². The van der Waals surface area contributed by atoms with Crippen molar-refractivity contribution in [3.8, 4) is 0 Å². The maximum Gasteiger partial charge on any atom is 0.401 e. The molecule has 1 fully saturated rings. The third-order valence-corrected chi connectivity index (χ3v) is 2.94. The summed E-state index contributed by atoms with van der Waals surface area (Å²) >= 11 is 0. The van der Waals surface area contributed by atoms with Crippen molar-refractivity contribution in [2.24, 2.45) is 0 Å². The van der Waals surface area contributed by atoms with E-state index in [-0.39, 0.29) is 6.04 Å². The lowest BCUT2D eigenvalue weighted by atomic mass is 10.0. The van der Waals surface area contributed by atoms with Crippen LogP contribution < -0.4 is 5.32 Å². The molecule has 1 heterocycles. The smallest absolute Gasteiger partial charge is 0.313 e. The fraction of sp³-hybridized carbons (Fsp3) is 1.00. The molecule has 1 aliphatic rings. The number of hydrogen-bond donors (Lipinski definition) is 1. The largest absolute Gasteiger partial charge is 0.401 e. The topological polar surface area (TPSA) is 15.3 Å². The minimum atomic E-state index is -4.08. The van der Waals surface area contributed by atoms with Gasteiger partial charge in [0.05, 0.1) is 6.54 Å². The maximum atomic E-state index is 12.3. The molecule has 0 aromatic carbocycles. The molecule has 1 saturated heterocycles. The van der Waals surface area contributed by atoms with Gasteiger partial charge in [-0.2, -0.15) is 13.2 Å².